The number of aryl methyl sites for hydroxylation is 2. The molecule has 0 aromatic heterocycles. The molecular formula is C24H28N4OS. The van der Waals surface area contributed by atoms with Gasteiger partial charge in [0.1, 0.15) is 5.04 Å². The number of aliphatic imine (C=N–C) groups is 2. The third-order valence-corrected chi connectivity index (χ3v) is 6.62. The molecule has 2 aromatic rings. The molecule has 0 aliphatic carbocycles. The zero-order valence-electron chi connectivity index (χ0n) is 17.8. The maximum Gasteiger partial charge on any atom is 0.321 e. The normalized spacial score (nSPS) is 17.6. The van der Waals surface area contributed by atoms with Gasteiger partial charge in [-0.2, -0.15) is 0 Å². The van der Waals surface area contributed by atoms with E-state index in [1.165, 1.54) is 11.1 Å². The molecule has 2 heterocycles. The Morgan fingerprint density at radius 1 is 1.07 bits per heavy atom. The number of hydrogen-bond acceptors (Lipinski definition) is 4. The van der Waals surface area contributed by atoms with Crippen LogP contribution in [0.2, 0.25) is 0 Å². The lowest BCUT2D eigenvalue weighted by atomic mass is 9.98. The second-order valence-electron chi connectivity index (χ2n) is 7.88. The summed E-state index contributed by atoms with van der Waals surface area (Å²) in [5, 5.41) is 4.06. The number of amides is 2. The summed E-state index contributed by atoms with van der Waals surface area (Å²) in [5.74, 6) is 0.964. The van der Waals surface area contributed by atoms with Gasteiger partial charge in [-0.1, -0.05) is 43.3 Å². The van der Waals surface area contributed by atoms with E-state index in [-0.39, 0.29) is 6.03 Å². The van der Waals surface area contributed by atoms with Gasteiger partial charge in [0, 0.05) is 37.2 Å². The van der Waals surface area contributed by atoms with Gasteiger partial charge in [-0.3, -0.25) is 4.99 Å². The number of nitrogens with zero attached hydrogens (tertiary/aromatic N) is 3. The second-order valence-corrected chi connectivity index (χ2v) is 9.13. The fourth-order valence-electron chi connectivity index (χ4n) is 3.86. The van der Waals surface area contributed by atoms with Crippen LogP contribution in [0.15, 0.2) is 58.5 Å². The number of anilines is 1. The molecule has 5 nitrogen and oxygen atoms in total. The zero-order valence-corrected chi connectivity index (χ0v) is 18.6. The number of rotatable bonds is 3. The van der Waals surface area contributed by atoms with Crippen LogP contribution in [0.3, 0.4) is 0 Å². The molecule has 2 aromatic carbocycles. The van der Waals surface area contributed by atoms with E-state index in [4.69, 9.17) is 9.98 Å². The Morgan fingerprint density at radius 3 is 2.47 bits per heavy atom. The standard InChI is InChI=1S/C24H28N4OS/c1-4-30-22-21(19-8-6-5-7-9-19)26-24(27-22)12-14-28(15-13-24)23(29)25-20-11-10-17(2)18(3)16-20/h5-11,16H,4,12-15H2,1-3H3,(H,25,29). The Labute approximate surface area is 182 Å². The molecule has 2 aliphatic heterocycles. The van der Waals surface area contributed by atoms with Gasteiger partial charge >= 0.3 is 6.03 Å². The van der Waals surface area contributed by atoms with Gasteiger partial charge in [0.25, 0.3) is 0 Å². The Hall–Kier alpha value is -2.60. The van der Waals surface area contributed by atoms with Gasteiger partial charge in [-0.25, -0.2) is 9.79 Å². The summed E-state index contributed by atoms with van der Waals surface area (Å²) in [6, 6.07) is 16.2. The number of benzene rings is 2. The highest BCUT2D eigenvalue weighted by Gasteiger charge is 2.40. The largest absolute Gasteiger partial charge is 0.324 e. The minimum absolute atomic E-state index is 0.0505. The molecule has 2 aliphatic rings. The summed E-state index contributed by atoms with van der Waals surface area (Å²) in [7, 11) is 0. The molecule has 0 atom stereocenters. The van der Waals surface area contributed by atoms with E-state index in [0.717, 1.165) is 40.6 Å². The van der Waals surface area contributed by atoms with E-state index in [1.54, 1.807) is 11.8 Å². The van der Waals surface area contributed by atoms with Crippen molar-refractivity contribution >= 4 is 34.2 Å². The van der Waals surface area contributed by atoms with Gasteiger partial charge in [0.05, 0.1) is 5.71 Å². The van der Waals surface area contributed by atoms with Gasteiger partial charge < -0.3 is 10.2 Å². The number of urea groups is 1. The molecule has 156 valence electrons. The SMILES string of the molecule is CCSC1=NC2(CCN(C(=O)Nc3ccc(C)c(C)c3)CC2)N=C1c1ccccc1. The van der Waals surface area contributed by atoms with Crippen LogP contribution in [-0.4, -0.2) is 46.2 Å². The van der Waals surface area contributed by atoms with Crippen LogP contribution in [0.5, 0.6) is 0 Å². The third-order valence-electron chi connectivity index (χ3n) is 5.77. The van der Waals surface area contributed by atoms with Crippen LogP contribution in [-0.2, 0) is 0 Å². The number of carbonyl (C=O) groups excluding carboxylic acids is 1. The van der Waals surface area contributed by atoms with Crippen LogP contribution in [0, 0.1) is 13.8 Å². The van der Waals surface area contributed by atoms with Crippen LogP contribution >= 0.6 is 11.8 Å². The van der Waals surface area contributed by atoms with Crippen LogP contribution in [0.4, 0.5) is 10.5 Å². The summed E-state index contributed by atoms with van der Waals surface area (Å²) >= 11 is 1.75. The first-order valence-electron chi connectivity index (χ1n) is 10.5. The maximum absolute atomic E-state index is 12.8. The molecule has 30 heavy (non-hydrogen) atoms. The summed E-state index contributed by atoms with van der Waals surface area (Å²) in [6.07, 6.45) is 1.49. The van der Waals surface area contributed by atoms with Crippen molar-refractivity contribution in [2.45, 2.75) is 39.3 Å². The smallest absolute Gasteiger partial charge is 0.321 e. The van der Waals surface area contributed by atoms with Crippen molar-refractivity contribution in [2.75, 3.05) is 24.2 Å². The van der Waals surface area contributed by atoms with Crippen molar-refractivity contribution in [3.05, 3.63) is 65.2 Å². The highest BCUT2D eigenvalue weighted by Crippen LogP contribution is 2.35. The Bertz CT molecular complexity index is 992. The zero-order chi connectivity index (χ0) is 21.1. The second kappa shape index (κ2) is 8.64. The highest BCUT2D eigenvalue weighted by atomic mass is 32.2. The molecule has 0 unspecified atom stereocenters. The quantitative estimate of drug-likeness (QED) is 0.734. The average Bonchev–Trinajstić information content (AvgIpc) is 3.10. The van der Waals surface area contributed by atoms with Crippen molar-refractivity contribution in [1.29, 1.82) is 0 Å². The number of likely N-dealkylation sites (tertiary alicyclic amines) is 1. The van der Waals surface area contributed by atoms with Gasteiger partial charge in [-0.05, 0) is 42.9 Å². The van der Waals surface area contributed by atoms with Crippen LogP contribution in [0.25, 0.3) is 0 Å². The minimum atomic E-state index is -0.431. The molecule has 1 fully saturated rings. The van der Waals surface area contributed by atoms with Gasteiger partial charge in [0.2, 0.25) is 0 Å². The average molecular weight is 421 g/mol. The monoisotopic (exact) mass is 420 g/mol. The van der Waals surface area contributed by atoms with Crippen molar-refractivity contribution < 1.29 is 4.79 Å². The summed E-state index contributed by atoms with van der Waals surface area (Å²) in [4.78, 5) is 24.8. The molecule has 1 spiro atoms. The van der Waals surface area contributed by atoms with E-state index >= 15 is 0 Å². The summed E-state index contributed by atoms with van der Waals surface area (Å²) < 4.78 is 0. The van der Waals surface area contributed by atoms with Gasteiger partial charge in [-0.15, -0.1) is 11.8 Å². The summed E-state index contributed by atoms with van der Waals surface area (Å²) in [6.45, 7) is 7.57. The molecule has 4 rings (SSSR count). The predicted molar refractivity (Wildman–Crippen MR) is 127 cm³/mol. The third kappa shape index (κ3) is 4.29. The first kappa shape index (κ1) is 20.7. The van der Waals surface area contributed by atoms with Crippen molar-refractivity contribution in [1.82, 2.24) is 4.90 Å². The Morgan fingerprint density at radius 2 is 1.80 bits per heavy atom. The first-order valence-corrected chi connectivity index (χ1v) is 11.5. The molecule has 6 heteroatoms. The van der Waals surface area contributed by atoms with E-state index in [1.807, 2.05) is 41.3 Å². The van der Waals surface area contributed by atoms with E-state index in [2.05, 4.69) is 38.2 Å². The topological polar surface area (TPSA) is 57.1 Å². The fourth-order valence-corrected chi connectivity index (χ4v) is 4.67. The van der Waals surface area contributed by atoms with Crippen molar-refractivity contribution in [3.63, 3.8) is 0 Å². The molecule has 1 N–H and O–H groups in total. The van der Waals surface area contributed by atoms with Crippen molar-refractivity contribution in [2.24, 2.45) is 9.98 Å². The molecule has 2 amide bonds. The maximum atomic E-state index is 12.8. The van der Waals surface area contributed by atoms with Crippen molar-refractivity contribution in [3.8, 4) is 0 Å². The Kier molecular flexibility index (Phi) is 5.95. The molecule has 0 saturated carbocycles. The number of nitrogens with one attached hydrogen (secondary N) is 1. The number of piperidine rings is 1. The van der Waals surface area contributed by atoms with E-state index in [9.17, 15) is 4.79 Å². The lowest BCUT2D eigenvalue weighted by molar-refractivity contribution is 0.175. The minimum Gasteiger partial charge on any atom is -0.324 e. The summed E-state index contributed by atoms with van der Waals surface area (Å²) in [5.41, 5.74) is 4.92. The molecular weight excluding hydrogens is 392 g/mol. The molecule has 1 saturated heterocycles. The van der Waals surface area contributed by atoms with Crippen LogP contribution < -0.4 is 5.32 Å². The lowest BCUT2D eigenvalue weighted by Crippen LogP contribution is -2.46. The van der Waals surface area contributed by atoms with Crippen LogP contribution in [0.1, 0.15) is 36.5 Å². The molecule has 0 radical (unpaired) electrons. The number of thioether (sulfide) groups is 1. The lowest BCUT2D eigenvalue weighted by Gasteiger charge is -2.35. The van der Waals surface area contributed by atoms with E-state index < -0.39 is 5.66 Å². The van der Waals surface area contributed by atoms with Gasteiger partial charge in [0.15, 0.2) is 5.66 Å². The molecule has 0 bridgehead atoms. The first-order chi connectivity index (χ1) is 14.5. The fraction of sp³-hybridized carbons (Fsp3) is 0.375. The number of hydrogen-bond donors (Lipinski definition) is 1. The Balaban J connectivity index is 1.45. The van der Waals surface area contributed by atoms with E-state index in [0.29, 0.717) is 13.1 Å². The number of carbonyl (C=O) groups is 1. The highest BCUT2D eigenvalue weighted by molar-refractivity contribution is 8.15. The predicted octanol–water partition coefficient (Wildman–Crippen LogP) is 5.28.